The number of hydrogen-bond acceptors (Lipinski definition) is 3. The van der Waals surface area contributed by atoms with Gasteiger partial charge in [-0.25, -0.2) is 4.79 Å². The van der Waals surface area contributed by atoms with Crippen molar-refractivity contribution in [1.82, 2.24) is 0 Å². The molecule has 1 atom stereocenters. The third-order valence-corrected chi connectivity index (χ3v) is 3.30. The summed E-state index contributed by atoms with van der Waals surface area (Å²) in [6.07, 6.45) is 3.74. The summed E-state index contributed by atoms with van der Waals surface area (Å²) in [5.74, 6) is 0.483. The quantitative estimate of drug-likeness (QED) is 0.588. The predicted octanol–water partition coefficient (Wildman–Crippen LogP) is 3.41. The van der Waals surface area contributed by atoms with Crippen LogP contribution in [0.5, 0.6) is 0 Å². The number of benzene rings is 1. The van der Waals surface area contributed by atoms with Gasteiger partial charge in [-0.1, -0.05) is 43.0 Å². The average Bonchev–Trinajstić information content (AvgIpc) is 2.90. The molecule has 1 unspecified atom stereocenters. The Labute approximate surface area is 119 Å². The standard InChI is InChI=1S/C17H20O3/c1-3-14-12-15(17(18)19-4-2)16(20-14)11-10-13-8-6-5-7-9-13/h3,5-9,14H,1,4,10-12H2,2H3. The van der Waals surface area contributed by atoms with Gasteiger partial charge in [-0.05, 0) is 18.9 Å². The molecule has 0 bridgehead atoms. The fraction of sp³-hybridized carbons (Fsp3) is 0.353. The van der Waals surface area contributed by atoms with Crippen molar-refractivity contribution >= 4 is 5.97 Å². The SMILES string of the molecule is C=CC1CC(C(=O)OCC)=C(CCc2ccccc2)O1. The summed E-state index contributed by atoms with van der Waals surface area (Å²) in [6.45, 7) is 5.92. The molecule has 1 aliphatic rings. The summed E-state index contributed by atoms with van der Waals surface area (Å²) in [5.41, 5.74) is 1.89. The molecule has 0 fully saturated rings. The number of aryl methyl sites for hydroxylation is 1. The lowest BCUT2D eigenvalue weighted by Gasteiger charge is -2.09. The number of carbonyl (C=O) groups excluding carboxylic acids is 1. The molecule has 0 aliphatic carbocycles. The zero-order chi connectivity index (χ0) is 14.4. The monoisotopic (exact) mass is 272 g/mol. The van der Waals surface area contributed by atoms with E-state index in [9.17, 15) is 4.79 Å². The highest BCUT2D eigenvalue weighted by atomic mass is 16.5. The molecule has 0 saturated heterocycles. The second-order valence-electron chi connectivity index (χ2n) is 4.70. The lowest BCUT2D eigenvalue weighted by molar-refractivity contribution is -0.138. The van der Waals surface area contributed by atoms with Gasteiger partial charge in [-0.3, -0.25) is 0 Å². The van der Waals surface area contributed by atoms with Crippen molar-refractivity contribution in [3.8, 4) is 0 Å². The number of esters is 1. The smallest absolute Gasteiger partial charge is 0.337 e. The van der Waals surface area contributed by atoms with E-state index in [0.29, 0.717) is 25.0 Å². The van der Waals surface area contributed by atoms with Crippen LogP contribution in [0, 0.1) is 0 Å². The minimum Gasteiger partial charge on any atom is -0.490 e. The number of carbonyl (C=O) groups is 1. The van der Waals surface area contributed by atoms with Crippen LogP contribution in [0.25, 0.3) is 0 Å². The third-order valence-electron chi connectivity index (χ3n) is 3.30. The van der Waals surface area contributed by atoms with Gasteiger partial charge >= 0.3 is 5.97 Å². The van der Waals surface area contributed by atoms with Crippen LogP contribution in [0.2, 0.25) is 0 Å². The summed E-state index contributed by atoms with van der Waals surface area (Å²) in [7, 11) is 0. The lowest BCUT2D eigenvalue weighted by atomic mass is 10.1. The van der Waals surface area contributed by atoms with E-state index in [1.54, 1.807) is 6.08 Å². The highest BCUT2D eigenvalue weighted by molar-refractivity contribution is 5.89. The van der Waals surface area contributed by atoms with Crippen molar-refractivity contribution in [2.75, 3.05) is 6.61 Å². The molecule has 20 heavy (non-hydrogen) atoms. The molecule has 0 spiro atoms. The maximum atomic E-state index is 11.9. The summed E-state index contributed by atoms with van der Waals surface area (Å²) in [6, 6.07) is 10.2. The van der Waals surface area contributed by atoms with Crippen LogP contribution in [0.15, 0.2) is 54.3 Å². The minimum atomic E-state index is -0.264. The Morgan fingerprint density at radius 3 is 2.80 bits per heavy atom. The van der Waals surface area contributed by atoms with Gasteiger partial charge in [0.2, 0.25) is 0 Å². The first-order valence-corrected chi connectivity index (χ1v) is 6.97. The fourth-order valence-corrected chi connectivity index (χ4v) is 2.27. The third kappa shape index (κ3) is 3.50. The molecule has 0 N–H and O–H groups in total. The molecule has 2 rings (SSSR count). The van der Waals surface area contributed by atoms with E-state index in [1.807, 2.05) is 25.1 Å². The van der Waals surface area contributed by atoms with Gasteiger partial charge in [-0.2, -0.15) is 0 Å². The molecular formula is C17H20O3. The Kier molecular flexibility index (Phi) is 4.99. The van der Waals surface area contributed by atoms with Gasteiger partial charge in [-0.15, -0.1) is 0 Å². The summed E-state index contributed by atoms with van der Waals surface area (Å²) in [4.78, 5) is 11.9. The molecular weight excluding hydrogens is 252 g/mol. The van der Waals surface area contributed by atoms with Crippen LogP contribution < -0.4 is 0 Å². The highest BCUT2D eigenvalue weighted by Crippen LogP contribution is 2.29. The predicted molar refractivity (Wildman–Crippen MR) is 78.1 cm³/mol. The Morgan fingerprint density at radius 1 is 1.40 bits per heavy atom. The van der Waals surface area contributed by atoms with Crippen molar-refractivity contribution < 1.29 is 14.3 Å². The summed E-state index contributed by atoms with van der Waals surface area (Å²) in [5, 5.41) is 0. The Bertz CT molecular complexity index is 502. The van der Waals surface area contributed by atoms with Crippen LogP contribution in [0.1, 0.15) is 25.3 Å². The normalized spacial score (nSPS) is 17.8. The second kappa shape index (κ2) is 6.94. The van der Waals surface area contributed by atoms with Crippen LogP contribution in [0.4, 0.5) is 0 Å². The molecule has 1 heterocycles. The zero-order valence-corrected chi connectivity index (χ0v) is 11.8. The van der Waals surface area contributed by atoms with E-state index >= 15 is 0 Å². The average molecular weight is 272 g/mol. The molecule has 3 heteroatoms. The molecule has 1 aliphatic heterocycles. The van der Waals surface area contributed by atoms with E-state index in [4.69, 9.17) is 9.47 Å². The molecule has 1 aromatic rings. The minimum absolute atomic E-state index is 0.111. The van der Waals surface area contributed by atoms with E-state index in [-0.39, 0.29) is 12.1 Å². The Hall–Kier alpha value is -2.03. The first kappa shape index (κ1) is 14.4. The summed E-state index contributed by atoms with van der Waals surface area (Å²) < 4.78 is 10.9. The van der Waals surface area contributed by atoms with E-state index < -0.39 is 0 Å². The Balaban J connectivity index is 2.06. The topological polar surface area (TPSA) is 35.5 Å². The second-order valence-corrected chi connectivity index (χ2v) is 4.70. The molecule has 0 radical (unpaired) electrons. The van der Waals surface area contributed by atoms with E-state index in [0.717, 1.165) is 12.2 Å². The largest absolute Gasteiger partial charge is 0.490 e. The van der Waals surface area contributed by atoms with E-state index in [2.05, 4.69) is 18.7 Å². The number of rotatable bonds is 6. The molecule has 0 saturated carbocycles. The Morgan fingerprint density at radius 2 is 2.15 bits per heavy atom. The summed E-state index contributed by atoms with van der Waals surface area (Å²) >= 11 is 0. The van der Waals surface area contributed by atoms with Crippen molar-refractivity contribution in [2.45, 2.75) is 32.3 Å². The number of hydrogen-bond donors (Lipinski definition) is 0. The van der Waals surface area contributed by atoms with Crippen LogP contribution in [0.3, 0.4) is 0 Å². The van der Waals surface area contributed by atoms with Gasteiger partial charge < -0.3 is 9.47 Å². The molecule has 106 valence electrons. The van der Waals surface area contributed by atoms with Crippen molar-refractivity contribution in [2.24, 2.45) is 0 Å². The first-order valence-electron chi connectivity index (χ1n) is 6.97. The first-order chi connectivity index (χ1) is 9.74. The van der Waals surface area contributed by atoms with Gasteiger partial charge in [0, 0.05) is 12.8 Å². The lowest BCUT2D eigenvalue weighted by Crippen LogP contribution is -2.09. The van der Waals surface area contributed by atoms with Crippen LogP contribution >= 0.6 is 0 Å². The molecule has 1 aromatic carbocycles. The molecule has 0 amide bonds. The fourth-order valence-electron chi connectivity index (χ4n) is 2.27. The maximum Gasteiger partial charge on any atom is 0.337 e. The van der Waals surface area contributed by atoms with Crippen molar-refractivity contribution in [3.63, 3.8) is 0 Å². The van der Waals surface area contributed by atoms with Gasteiger partial charge in [0.1, 0.15) is 11.9 Å². The van der Waals surface area contributed by atoms with Crippen LogP contribution in [-0.2, 0) is 20.7 Å². The van der Waals surface area contributed by atoms with Crippen LogP contribution in [-0.4, -0.2) is 18.7 Å². The maximum absolute atomic E-state index is 11.9. The van der Waals surface area contributed by atoms with Gasteiger partial charge in [0.15, 0.2) is 0 Å². The molecule has 3 nitrogen and oxygen atoms in total. The van der Waals surface area contributed by atoms with Crippen molar-refractivity contribution in [3.05, 3.63) is 59.9 Å². The zero-order valence-electron chi connectivity index (χ0n) is 11.8. The van der Waals surface area contributed by atoms with E-state index in [1.165, 1.54) is 5.56 Å². The highest BCUT2D eigenvalue weighted by Gasteiger charge is 2.28. The van der Waals surface area contributed by atoms with Gasteiger partial charge in [0.25, 0.3) is 0 Å². The number of allylic oxidation sites excluding steroid dienone is 1. The molecule has 0 aromatic heterocycles. The number of ether oxygens (including phenoxy) is 2. The van der Waals surface area contributed by atoms with Crippen molar-refractivity contribution in [1.29, 1.82) is 0 Å². The van der Waals surface area contributed by atoms with Gasteiger partial charge in [0.05, 0.1) is 12.2 Å².